The summed E-state index contributed by atoms with van der Waals surface area (Å²) in [5, 5.41) is 8.59. The summed E-state index contributed by atoms with van der Waals surface area (Å²) in [7, 11) is 0. The second-order valence-corrected chi connectivity index (χ2v) is 12.1. The van der Waals surface area contributed by atoms with E-state index in [0.717, 1.165) is 28.4 Å². The third-order valence-corrected chi connectivity index (χ3v) is 9.65. The number of hydrogen-bond donors (Lipinski definition) is 1. The molecule has 0 spiro atoms. The molecular weight excluding hydrogens is 557 g/mol. The van der Waals surface area contributed by atoms with Crippen molar-refractivity contribution >= 4 is 65.0 Å². The van der Waals surface area contributed by atoms with E-state index in [1.165, 1.54) is 47.7 Å². The van der Waals surface area contributed by atoms with E-state index < -0.39 is 0 Å². The molecule has 44 heavy (non-hydrogen) atoms. The smallest absolute Gasteiger partial charge is 0.160 e. The van der Waals surface area contributed by atoms with Crippen molar-refractivity contribution in [3.05, 3.63) is 162 Å². The molecule has 1 unspecified atom stereocenters. The number of para-hydroxylation sites is 2. The normalized spacial score (nSPS) is 15.0. The second-order valence-electron chi connectivity index (χ2n) is 11.1. The van der Waals surface area contributed by atoms with Crippen LogP contribution in [0.15, 0.2) is 156 Å². The van der Waals surface area contributed by atoms with Crippen molar-refractivity contribution in [2.24, 2.45) is 9.98 Å². The molecule has 208 valence electrons. The summed E-state index contributed by atoms with van der Waals surface area (Å²) >= 11 is 1.82. The van der Waals surface area contributed by atoms with E-state index in [9.17, 15) is 0 Å². The minimum absolute atomic E-state index is 0.233. The minimum atomic E-state index is -0.233. The predicted octanol–water partition coefficient (Wildman–Crippen LogP) is 9.65. The first-order valence-corrected chi connectivity index (χ1v) is 15.6. The number of hydrogen-bond acceptors (Lipinski definition) is 4. The van der Waals surface area contributed by atoms with Crippen molar-refractivity contribution < 1.29 is 0 Å². The van der Waals surface area contributed by atoms with E-state index in [-0.39, 0.29) is 6.17 Å². The Morgan fingerprint density at radius 1 is 0.591 bits per heavy atom. The highest BCUT2D eigenvalue weighted by atomic mass is 32.1. The molecule has 1 aliphatic rings. The Bertz CT molecular complexity index is 2400. The lowest BCUT2D eigenvalue weighted by Gasteiger charge is -2.23. The van der Waals surface area contributed by atoms with Gasteiger partial charge in [0.2, 0.25) is 0 Å². The lowest BCUT2D eigenvalue weighted by Crippen LogP contribution is -2.33. The van der Waals surface area contributed by atoms with Crippen LogP contribution in [0.5, 0.6) is 0 Å². The fourth-order valence-corrected chi connectivity index (χ4v) is 7.64. The first-order valence-electron chi connectivity index (χ1n) is 14.8. The Hall–Kier alpha value is -5.52. The van der Waals surface area contributed by atoms with Gasteiger partial charge in [0.1, 0.15) is 12.0 Å². The van der Waals surface area contributed by atoms with Crippen molar-refractivity contribution in [3.8, 4) is 5.69 Å². The number of thiophene rings is 1. The van der Waals surface area contributed by atoms with Crippen molar-refractivity contribution in [2.75, 3.05) is 0 Å². The molecule has 0 saturated heterocycles. The Morgan fingerprint density at radius 2 is 1.30 bits per heavy atom. The van der Waals surface area contributed by atoms with E-state index in [4.69, 9.17) is 9.98 Å². The maximum absolute atomic E-state index is 5.18. The Labute approximate surface area is 258 Å². The number of amidine groups is 2. The Morgan fingerprint density at radius 3 is 2.11 bits per heavy atom. The molecule has 8 aromatic rings. The van der Waals surface area contributed by atoms with Gasteiger partial charge in [-0.15, -0.1) is 11.3 Å². The number of benzene rings is 6. The zero-order chi connectivity index (χ0) is 29.0. The Balaban J connectivity index is 1.28. The zero-order valence-corrected chi connectivity index (χ0v) is 24.5. The predicted molar refractivity (Wildman–Crippen MR) is 186 cm³/mol. The van der Waals surface area contributed by atoms with Gasteiger partial charge in [-0.1, -0.05) is 109 Å². The summed E-state index contributed by atoms with van der Waals surface area (Å²) < 4.78 is 4.84. The molecule has 0 radical (unpaired) electrons. The van der Waals surface area contributed by atoms with Crippen LogP contribution < -0.4 is 5.32 Å². The van der Waals surface area contributed by atoms with Crippen LogP contribution in [-0.4, -0.2) is 16.2 Å². The maximum Gasteiger partial charge on any atom is 0.160 e. The Kier molecular flexibility index (Phi) is 5.71. The van der Waals surface area contributed by atoms with Gasteiger partial charge in [-0.2, -0.15) is 0 Å². The largest absolute Gasteiger partial charge is 0.344 e. The SMILES string of the molecule is c1ccc(C2=NC(c3cccc4c3sc3cc5c(cc34)c3ccccc3n5-c3ccccc3)=NC(c3ccccc3)N2)cc1. The number of aliphatic imine (C=N–C) groups is 2. The van der Waals surface area contributed by atoms with Gasteiger partial charge in [-0.05, 0) is 42.0 Å². The third-order valence-electron chi connectivity index (χ3n) is 8.45. The lowest BCUT2D eigenvalue weighted by molar-refractivity contribution is 0.674. The molecule has 0 fully saturated rings. The van der Waals surface area contributed by atoms with Crippen LogP contribution in [0.4, 0.5) is 0 Å². The third kappa shape index (κ3) is 3.98. The molecule has 3 heterocycles. The van der Waals surface area contributed by atoms with Crippen LogP contribution in [-0.2, 0) is 0 Å². The van der Waals surface area contributed by atoms with Gasteiger partial charge in [-0.25, -0.2) is 9.98 Å². The topological polar surface area (TPSA) is 41.7 Å². The standard InChI is InChI=1S/C39H26N4S/c1-4-13-25(14-5-1)37-40-38(26-15-6-2-7-16-26)42-39(41-37)30-21-12-20-29-32-23-31-28-19-10-11-22-33(28)43(27-17-8-3-9-18-27)34(31)24-35(32)44-36(29)30/h1-24,37H,(H,40,41,42). The lowest BCUT2D eigenvalue weighted by atomic mass is 10.1. The molecule has 2 aromatic heterocycles. The van der Waals surface area contributed by atoms with Crippen molar-refractivity contribution in [1.29, 1.82) is 0 Å². The summed E-state index contributed by atoms with van der Waals surface area (Å²) in [5.41, 5.74) is 6.80. The summed E-state index contributed by atoms with van der Waals surface area (Å²) in [6, 6.07) is 51.3. The summed E-state index contributed by atoms with van der Waals surface area (Å²) in [5.74, 6) is 1.58. The van der Waals surface area contributed by atoms with Crippen LogP contribution in [0.25, 0.3) is 47.7 Å². The summed E-state index contributed by atoms with van der Waals surface area (Å²) in [6.45, 7) is 0. The van der Waals surface area contributed by atoms with Crippen LogP contribution in [0, 0.1) is 0 Å². The maximum atomic E-state index is 5.18. The van der Waals surface area contributed by atoms with Gasteiger partial charge in [0.25, 0.3) is 0 Å². The van der Waals surface area contributed by atoms with E-state index in [1.807, 2.05) is 35.6 Å². The quantitative estimate of drug-likeness (QED) is 0.221. The van der Waals surface area contributed by atoms with Gasteiger partial charge < -0.3 is 9.88 Å². The number of fused-ring (bicyclic) bond motifs is 6. The van der Waals surface area contributed by atoms with Crippen LogP contribution in [0.3, 0.4) is 0 Å². The molecule has 0 amide bonds. The van der Waals surface area contributed by atoms with Crippen molar-refractivity contribution in [3.63, 3.8) is 0 Å². The molecular formula is C39H26N4S. The molecule has 1 aliphatic heterocycles. The van der Waals surface area contributed by atoms with Crippen LogP contribution in [0.2, 0.25) is 0 Å². The monoisotopic (exact) mass is 582 g/mol. The fraction of sp³-hybridized carbons (Fsp3) is 0.0256. The fourth-order valence-electron chi connectivity index (χ4n) is 6.41. The number of nitrogens with zero attached hydrogens (tertiary/aromatic N) is 3. The molecule has 1 atom stereocenters. The van der Waals surface area contributed by atoms with Gasteiger partial charge in [0.15, 0.2) is 5.84 Å². The highest BCUT2D eigenvalue weighted by Gasteiger charge is 2.23. The minimum Gasteiger partial charge on any atom is -0.344 e. The molecule has 6 aromatic carbocycles. The number of nitrogens with one attached hydrogen (secondary N) is 1. The number of rotatable bonds is 4. The van der Waals surface area contributed by atoms with E-state index in [0.29, 0.717) is 0 Å². The van der Waals surface area contributed by atoms with Gasteiger partial charge in [-0.3, -0.25) is 0 Å². The highest BCUT2D eigenvalue weighted by Crippen LogP contribution is 2.42. The average Bonchev–Trinajstić information content (AvgIpc) is 3.63. The first-order chi connectivity index (χ1) is 21.8. The molecule has 0 saturated carbocycles. The summed E-state index contributed by atoms with van der Waals surface area (Å²) in [4.78, 5) is 10.3. The van der Waals surface area contributed by atoms with Crippen molar-refractivity contribution in [2.45, 2.75) is 6.17 Å². The zero-order valence-electron chi connectivity index (χ0n) is 23.7. The second kappa shape index (κ2) is 10.0. The molecule has 9 rings (SSSR count). The molecule has 5 heteroatoms. The van der Waals surface area contributed by atoms with Crippen LogP contribution in [0.1, 0.15) is 22.9 Å². The van der Waals surface area contributed by atoms with Gasteiger partial charge >= 0.3 is 0 Å². The van der Waals surface area contributed by atoms with E-state index in [1.54, 1.807) is 0 Å². The van der Waals surface area contributed by atoms with E-state index in [2.05, 4.69) is 131 Å². The average molecular weight is 583 g/mol. The first kappa shape index (κ1) is 25.0. The highest BCUT2D eigenvalue weighted by molar-refractivity contribution is 7.26. The van der Waals surface area contributed by atoms with Gasteiger partial charge in [0.05, 0.1) is 11.0 Å². The molecule has 4 nitrogen and oxygen atoms in total. The van der Waals surface area contributed by atoms with Gasteiger partial charge in [0, 0.05) is 47.8 Å². The molecule has 0 aliphatic carbocycles. The summed E-state index contributed by atoms with van der Waals surface area (Å²) in [6.07, 6.45) is -0.233. The number of aromatic nitrogens is 1. The molecule has 0 bridgehead atoms. The molecule has 1 N–H and O–H groups in total. The van der Waals surface area contributed by atoms with E-state index >= 15 is 0 Å². The van der Waals surface area contributed by atoms with Crippen molar-refractivity contribution in [1.82, 2.24) is 9.88 Å². The van der Waals surface area contributed by atoms with Crippen LogP contribution >= 0.6 is 11.3 Å².